The standard InChI is InChI=1S/C15H21N3O7S2/c1-10-9-26(21,22)18(15(10)20)12-4-5-13(25-3)14(8-12)27(23,24)17-7-6-16-11(2)19/h4-5,8,10,17H,6-7,9H2,1-3H3,(H,16,19)/t10-/m1/s1. The summed E-state index contributed by atoms with van der Waals surface area (Å²) in [5.74, 6) is -1.99. The van der Waals surface area contributed by atoms with E-state index in [4.69, 9.17) is 4.74 Å². The minimum absolute atomic E-state index is 0.0112. The van der Waals surface area contributed by atoms with Crippen molar-refractivity contribution in [1.29, 1.82) is 0 Å². The molecule has 1 atom stereocenters. The summed E-state index contributed by atoms with van der Waals surface area (Å²) in [7, 11) is -6.68. The van der Waals surface area contributed by atoms with E-state index in [0.717, 1.165) is 6.07 Å². The van der Waals surface area contributed by atoms with Crippen LogP contribution >= 0.6 is 0 Å². The summed E-state index contributed by atoms with van der Waals surface area (Å²) < 4.78 is 57.6. The van der Waals surface area contributed by atoms with Crippen LogP contribution in [0.3, 0.4) is 0 Å². The van der Waals surface area contributed by atoms with Crippen molar-refractivity contribution >= 4 is 37.5 Å². The Hall–Kier alpha value is -2.18. The molecule has 2 N–H and O–H groups in total. The third-order valence-electron chi connectivity index (χ3n) is 3.82. The number of ether oxygens (including phenoxy) is 1. The van der Waals surface area contributed by atoms with Crippen LogP contribution in [-0.2, 0) is 29.6 Å². The molecular weight excluding hydrogens is 398 g/mol. The van der Waals surface area contributed by atoms with Gasteiger partial charge < -0.3 is 10.1 Å². The number of amides is 2. The molecular formula is C15H21N3O7S2. The number of anilines is 1. The molecule has 10 nitrogen and oxygen atoms in total. The molecule has 1 aliphatic rings. The van der Waals surface area contributed by atoms with Crippen molar-refractivity contribution in [3.8, 4) is 5.75 Å². The first-order valence-electron chi connectivity index (χ1n) is 7.98. The van der Waals surface area contributed by atoms with Crippen molar-refractivity contribution in [2.45, 2.75) is 18.7 Å². The van der Waals surface area contributed by atoms with Gasteiger partial charge >= 0.3 is 0 Å². The minimum atomic E-state index is -4.08. The fraction of sp³-hybridized carbons (Fsp3) is 0.467. The van der Waals surface area contributed by atoms with Gasteiger partial charge in [-0.3, -0.25) is 9.59 Å². The van der Waals surface area contributed by atoms with Crippen LogP contribution < -0.4 is 19.1 Å². The zero-order valence-electron chi connectivity index (χ0n) is 15.1. The van der Waals surface area contributed by atoms with Crippen molar-refractivity contribution in [3.63, 3.8) is 0 Å². The molecule has 0 spiro atoms. The van der Waals surface area contributed by atoms with Crippen molar-refractivity contribution in [3.05, 3.63) is 18.2 Å². The van der Waals surface area contributed by atoms with Gasteiger partial charge in [0.05, 0.1) is 24.5 Å². The SMILES string of the molecule is COc1ccc(N2C(=O)[C@H](C)CS2(=O)=O)cc1S(=O)(=O)NCCNC(C)=O. The molecule has 1 fully saturated rings. The summed E-state index contributed by atoms with van der Waals surface area (Å²) in [6.07, 6.45) is 0. The van der Waals surface area contributed by atoms with Crippen LogP contribution in [0, 0.1) is 5.92 Å². The average Bonchev–Trinajstić information content (AvgIpc) is 2.78. The number of hydrogen-bond acceptors (Lipinski definition) is 7. The molecule has 0 saturated carbocycles. The van der Waals surface area contributed by atoms with E-state index < -0.39 is 31.9 Å². The number of rotatable bonds is 7. The Morgan fingerprint density at radius 2 is 2.00 bits per heavy atom. The second-order valence-corrected chi connectivity index (χ2v) is 9.60. The van der Waals surface area contributed by atoms with Crippen molar-refractivity contribution in [2.75, 3.05) is 30.3 Å². The lowest BCUT2D eigenvalue weighted by Crippen LogP contribution is -2.34. The topological polar surface area (TPSA) is 139 Å². The lowest BCUT2D eigenvalue weighted by Gasteiger charge is -2.18. The Balaban J connectivity index is 2.38. The smallest absolute Gasteiger partial charge is 0.244 e. The van der Waals surface area contributed by atoms with E-state index in [2.05, 4.69) is 10.0 Å². The second-order valence-electron chi connectivity index (χ2n) is 6.00. The molecule has 0 unspecified atom stereocenters. The zero-order chi connectivity index (χ0) is 20.4. The first kappa shape index (κ1) is 21.1. The van der Waals surface area contributed by atoms with Crippen LogP contribution in [0.25, 0.3) is 0 Å². The summed E-state index contributed by atoms with van der Waals surface area (Å²) in [6.45, 7) is 2.79. The molecule has 1 aromatic carbocycles. The molecule has 1 aliphatic heterocycles. The Morgan fingerprint density at radius 1 is 1.33 bits per heavy atom. The second kappa shape index (κ2) is 7.82. The monoisotopic (exact) mass is 419 g/mol. The molecule has 2 amide bonds. The van der Waals surface area contributed by atoms with Crippen molar-refractivity contribution < 1.29 is 31.2 Å². The lowest BCUT2D eigenvalue weighted by atomic mass is 10.2. The predicted molar refractivity (Wildman–Crippen MR) is 97.3 cm³/mol. The highest BCUT2D eigenvalue weighted by molar-refractivity contribution is 7.94. The van der Waals surface area contributed by atoms with E-state index in [9.17, 15) is 26.4 Å². The molecule has 1 aromatic rings. The molecule has 0 radical (unpaired) electrons. The number of sulfonamides is 2. The quantitative estimate of drug-likeness (QED) is 0.564. The van der Waals surface area contributed by atoms with E-state index in [-0.39, 0.29) is 41.1 Å². The third kappa shape index (κ3) is 4.57. The summed E-state index contributed by atoms with van der Waals surface area (Å²) >= 11 is 0. The minimum Gasteiger partial charge on any atom is -0.495 e. The van der Waals surface area contributed by atoms with E-state index in [1.807, 2.05) is 0 Å². The summed E-state index contributed by atoms with van der Waals surface area (Å²) in [4.78, 5) is 22.8. The molecule has 0 bridgehead atoms. The maximum atomic E-state index is 12.6. The number of hydrogen-bond donors (Lipinski definition) is 2. The number of carbonyl (C=O) groups excluding carboxylic acids is 2. The van der Waals surface area contributed by atoms with Gasteiger partial charge in [-0.2, -0.15) is 0 Å². The summed E-state index contributed by atoms with van der Waals surface area (Å²) in [5.41, 5.74) is -0.0765. The molecule has 150 valence electrons. The van der Waals surface area contributed by atoms with Gasteiger partial charge in [0, 0.05) is 20.0 Å². The fourth-order valence-electron chi connectivity index (χ4n) is 2.59. The molecule has 1 saturated heterocycles. The van der Waals surface area contributed by atoms with Crippen LogP contribution in [-0.4, -0.2) is 54.6 Å². The van der Waals surface area contributed by atoms with Gasteiger partial charge in [0.2, 0.25) is 31.9 Å². The number of carbonyl (C=O) groups is 2. The van der Waals surface area contributed by atoms with Crippen LogP contribution in [0.2, 0.25) is 0 Å². The van der Waals surface area contributed by atoms with Gasteiger partial charge in [-0.1, -0.05) is 6.92 Å². The van der Waals surface area contributed by atoms with Crippen LogP contribution in [0.5, 0.6) is 5.75 Å². The van der Waals surface area contributed by atoms with Gasteiger partial charge in [0.25, 0.3) is 0 Å². The van der Waals surface area contributed by atoms with E-state index >= 15 is 0 Å². The number of methoxy groups -OCH3 is 1. The van der Waals surface area contributed by atoms with Gasteiger partial charge in [0.15, 0.2) is 0 Å². The van der Waals surface area contributed by atoms with Gasteiger partial charge in [-0.25, -0.2) is 25.9 Å². The van der Waals surface area contributed by atoms with Crippen LogP contribution in [0.1, 0.15) is 13.8 Å². The Bertz CT molecular complexity index is 958. The summed E-state index contributed by atoms with van der Waals surface area (Å²) in [5, 5.41) is 2.45. The average molecular weight is 419 g/mol. The van der Waals surface area contributed by atoms with E-state index in [1.54, 1.807) is 0 Å². The molecule has 0 aromatic heterocycles. The highest BCUT2D eigenvalue weighted by Gasteiger charge is 2.42. The molecule has 12 heteroatoms. The van der Waals surface area contributed by atoms with Gasteiger partial charge in [0.1, 0.15) is 10.6 Å². The number of nitrogens with zero attached hydrogens (tertiary/aromatic N) is 1. The largest absolute Gasteiger partial charge is 0.495 e. The van der Waals surface area contributed by atoms with E-state index in [1.165, 1.54) is 33.1 Å². The van der Waals surface area contributed by atoms with Crippen molar-refractivity contribution in [1.82, 2.24) is 10.0 Å². The molecule has 0 aliphatic carbocycles. The lowest BCUT2D eigenvalue weighted by molar-refractivity contribution is -0.120. The molecule has 1 heterocycles. The van der Waals surface area contributed by atoms with Gasteiger partial charge in [-0.15, -0.1) is 0 Å². The van der Waals surface area contributed by atoms with Crippen LogP contribution in [0.4, 0.5) is 5.69 Å². The molecule has 2 rings (SSSR count). The van der Waals surface area contributed by atoms with Gasteiger partial charge in [-0.05, 0) is 18.2 Å². The summed E-state index contributed by atoms with van der Waals surface area (Å²) in [6, 6.07) is 3.67. The van der Waals surface area contributed by atoms with Crippen LogP contribution in [0.15, 0.2) is 23.1 Å². The number of nitrogens with one attached hydrogen (secondary N) is 2. The van der Waals surface area contributed by atoms with E-state index in [0.29, 0.717) is 4.31 Å². The normalized spacial score (nSPS) is 19.1. The zero-order valence-corrected chi connectivity index (χ0v) is 16.7. The predicted octanol–water partition coefficient (Wildman–Crippen LogP) is -0.578. The molecule has 27 heavy (non-hydrogen) atoms. The maximum absolute atomic E-state index is 12.6. The Kier molecular flexibility index (Phi) is 6.12. The highest BCUT2D eigenvalue weighted by atomic mass is 32.2. The Morgan fingerprint density at radius 3 is 2.52 bits per heavy atom. The fourth-order valence-corrected chi connectivity index (χ4v) is 5.62. The Labute approximate surface area is 158 Å². The van der Waals surface area contributed by atoms with Crippen molar-refractivity contribution in [2.24, 2.45) is 5.92 Å². The maximum Gasteiger partial charge on any atom is 0.244 e. The first-order valence-corrected chi connectivity index (χ1v) is 11.1. The third-order valence-corrected chi connectivity index (χ3v) is 7.17. The first-order chi connectivity index (χ1) is 12.5. The highest BCUT2D eigenvalue weighted by Crippen LogP contribution is 2.33. The number of benzene rings is 1.